The number of halogens is 1. The van der Waals surface area contributed by atoms with Gasteiger partial charge in [0.1, 0.15) is 6.04 Å². The zero-order valence-corrected chi connectivity index (χ0v) is 13.7. The smallest absolute Gasteiger partial charge is 0.323 e. The van der Waals surface area contributed by atoms with E-state index in [9.17, 15) is 4.79 Å². The van der Waals surface area contributed by atoms with Crippen molar-refractivity contribution in [3.8, 4) is 0 Å². The van der Waals surface area contributed by atoms with E-state index in [0.29, 0.717) is 13.0 Å². The maximum absolute atomic E-state index is 11.7. The average Bonchev–Trinajstić information content (AvgIpc) is 2.47. The molecule has 21 heavy (non-hydrogen) atoms. The lowest BCUT2D eigenvalue weighted by Crippen LogP contribution is -2.34. The number of benzene rings is 1. The molecule has 1 aromatic rings. The molecule has 0 saturated heterocycles. The Kier molecular flexibility index (Phi) is 12.0. The summed E-state index contributed by atoms with van der Waals surface area (Å²) < 4.78 is 5.22. The predicted octanol–water partition coefficient (Wildman–Crippen LogP) is 3.88. The van der Waals surface area contributed by atoms with Crippen LogP contribution in [0.25, 0.3) is 0 Å². The summed E-state index contributed by atoms with van der Waals surface area (Å²) in [6.07, 6.45) is 7.65. The van der Waals surface area contributed by atoms with E-state index in [-0.39, 0.29) is 18.4 Å². The minimum Gasteiger partial charge on any atom is -0.465 e. The summed E-state index contributed by atoms with van der Waals surface area (Å²) in [5.41, 5.74) is 6.92. The molecule has 0 aliphatic heterocycles. The highest BCUT2D eigenvalue weighted by Gasteiger charge is 2.15. The van der Waals surface area contributed by atoms with Gasteiger partial charge in [-0.2, -0.15) is 0 Å². The number of nitrogens with two attached hydrogens (primary N) is 1. The highest BCUT2D eigenvalue weighted by Crippen LogP contribution is 2.06. The number of rotatable bonds is 10. The van der Waals surface area contributed by atoms with Crippen molar-refractivity contribution in [1.29, 1.82) is 0 Å². The summed E-state index contributed by atoms with van der Waals surface area (Å²) in [7, 11) is 0. The van der Waals surface area contributed by atoms with Crippen molar-refractivity contribution >= 4 is 18.4 Å². The zero-order chi connectivity index (χ0) is 14.6. The first-order chi connectivity index (χ1) is 9.74. The quantitative estimate of drug-likeness (QED) is 0.527. The number of hydrogen-bond donors (Lipinski definition) is 1. The Morgan fingerprint density at radius 2 is 1.71 bits per heavy atom. The molecule has 0 aliphatic rings. The fourth-order valence-corrected chi connectivity index (χ4v) is 2.11. The Bertz CT molecular complexity index is 370. The molecule has 0 unspecified atom stereocenters. The van der Waals surface area contributed by atoms with Gasteiger partial charge in [0.25, 0.3) is 0 Å². The molecule has 2 N–H and O–H groups in total. The first-order valence-corrected chi connectivity index (χ1v) is 7.70. The lowest BCUT2D eigenvalue weighted by Gasteiger charge is -2.11. The third-order valence-corrected chi connectivity index (χ3v) is 3.34. The maximum atomic E-state index is 11.7. The number of hydrogen-bond acceptors (Lipinski definition) is 3. The van der Waals surface area contributed by atoms with E-state index < -0.39 is 6.04 Å². The van der Waals surface area contributed by atoms with Gasteiger partial charge in [0, 0.05) is 0 Å². The monoisotopic (exact) mass is 313 g/mol. The van der Waals surface area contributed by atoms with E-state index in [0.717, 1.165) is 18.4 Å². The molecule has 120 valence electrons. The van der Waals surface area contributed by atoms with Crippen molar-refractivity contribution in [3.05, 3.63) is 35.9 Å². The fourth-order valence-electron chi connectivity index (χ4n) is 2.11. The molecule has 0 aliphatic carbocycles. The van der Waals surface area contributed by atoms with Crippen LogP contribution in [-0.4, -0.2) is 18.6 Å². The van der Waals surface area contributed by atoms with Crippen molar-refractivity contribution in [3.63, 3.8) is 0 Å². The summed E-state index contributed by atoms with van der Waals surface area (Å²) in [5, 5.41) is 0. The minimum atomic E-state index is -0.558. The van der Waals surface area contributed by atoms with Crippen molar-refractivity contribution in [2.45, 2.75) is 57.9 Å². The molecular weight excluding hydrogens is 286 g/mol. The van der Waals surface area contributed by atoms with Crippen LogP contribution in [0.15, 0.2) is 30.3 Å². The molecular formula is C17H28ClNO2. The van der Waals surface area contributed by atoms with Gasteiger partial charge in [-0.1, -0.05) is 69.4 Å². The van der Waals surface area contributed by atoms with Crippen LogP contribution in [0, 0.1) is 0 Å². The van der Waals surface area contributed by atoms with Crippen LogP contribution in [0.2, 0.25) is 0 Å². The van der Waals surface area contributed by atoms with E-state index in [4.69, 9.17) is 10.5 Å². The fraction of sp³-hybridized carbons (Fsp3) is 0.588. The van der Waals surface area contributed by atoms with E-state index in [1.54, 1.807) is 0 Å². The summed E-state index contributed by atoms with van der Waals surface area (Å²) in [6.45, 7) is 2.70. The molecule has 0 saturated carbocycles. The first-order valence-electron chi connectivity index (χ1n) is 7.70. The summed E-state index contributed by atoms with van der Waals surface area (Å²) in [4.78, 5) is 11.7. The SMILES string of the molecule is CCCCCCCCOC(=O)[C@@H](N)Cc1ccccc1.Cl. The van der Waals surface area contributed by atoms with Gasteiger partial charge < -0.3 is 10.5 Å². The van der Waals surface area contributed by atoms with Gasteiger partial charge in [0.05, 0.1) is 6.61 Å². The van der Waals surface area contributed by atoms with Crippen LogP contribution in [-0.2, 0) is 16.0 Å². The van der Waals surface area contributed by atoms with Gasteiger partial charge >= 0.3 is 5.97 Å². The normalized spacial score (nSPS) is 11.5. The summed E-state index contributed by atoms with van der Waals surface area (Å²) in [5.74, 6) is -0.289. The van der Waals surface area contributed by atoms with Crippen LogP contribution < -0.4 is 5.73 Å². The molecule has 1 aromatic carbocycles. The second-order valence-electron chi connectivity index (χ2n) is 5.23. The zero-order valence-electron chi connectivity index (χ0n) is 12.9. The number of carbonyl (C=O) groups excluding carboxylic acids is 1. The standard InChI is InChI=1S/C17H27NO2.ClH/c1-2-3-4-5-6-10-13-20-17(19)16(18)14-15-11-8-7-9-12-15;/h7-9,11-12,16H,2-6,10,13-14,18H2,1H3;1H/t16-;/m0./s1. The van der Waals surface area contributed by atoms with Crippen LogP contribution in [0.5, 0.6) is 0 Å². The van der Waals surface area contributed by atoms with Crippen molar-refractivity contribution in [1.82, 2.24) is 0 Å². The molecule has 0 spiro atoms. The number of ether oxygens (including phenoxy) is 1. The second kappa shape index (κ2) is 12.7. The van der Waals surface area contributed by atoms with Crippen molar-refractivity contribution in [2.75, 3.05) is 6.61 Å². The van der Waals surface area contributed by atoms with Gasteiger partial charge in [-0.3, -0.25) is 4.79 Å². The predicted molar refractivity (Wildman–Crippen MR) is 89.7 cm³/mol. The summed E-state index contributed by atoms with van der Waals surface area (Å²) >= 11 is 0. The van der Waals surface area contributed by atoms with E-state index >= 15 is 0 Å². The maximum Gasteiger partial charge on any atom is 0.323 e. The Morgan fingerprint density at radius 1 is 1.10 bits per heavy atom. The van der Waals surface area contributed by atoms with E-state index in [1.165, 1.54) is 25.7 Å². The number of unbranched alkanes of at least 4 members (excludes halogenated alkanes) is 5. The lowest BCUT2D eigenvalue weighted by atomic mass is 10.1. The van der Waals surface area contributed by atoms with Gasteiger partial charge in [-0.25, -0.2) is 0 Å². The Balaban J connectivity index is 0.00000400. The molecule has 0 radical (unpaired) electrons. The van der Waals surface area contributed by atoms with Crippen molar-refractivity contribution < 1.29 is 9.53 Å². The topological polar surface area (TPSA) is 52.3 Å². The Morgan fingerprint density at radius 3 is 2.38 bits per heavy atom. The van der Waals surface area contributed by atoms with Gasteiger partial charge in [-0.05, 0) is 18.4 Å². The Hall–Kier alpha value is -1.06. The molecule has 0 fully saturated rings. The molecule has 1 rings (SSSR count). The summed E-state index contributed by atoms with van der Waals surface area (Å²) in [6, 6.07) is 9.23. The van der Waals surface area contributed by atoms with E-state index in [1.807, 2.05) is 30.3 Å². The molecule has 4 heteroatoms. The van der Waals surface area contributed by atoms with Crippen molar-refractivity contribution in [2.24, 2.45) is 5.73 Å². The van der Waals surface area contributed by atoms with Crippen LogP contribution in [0.4, 0.5) is 0 Å². The molecule has 3 nitrogen and oxygen atoms in total. The first kappa shape index (κ1) is 19.9. The minimum absolute atomic E-state index is 0. The highest BCUT2D eigenvalue weighted by molar-refractivity contribution is 5.85. The molecule has 1 atom stereocenters. The average molecular weight is 314 g/mol. The lowest BCUT2D eigenvalue weighted by molar-refractivity contribution is -0.145. The second-order valence-corrected chi connectivity index (χ2v) is 5.23. The Labute approximate surface area is 134 Å². The highest BCUT2D eigenvalue weighted by atomic mass is 35.5. The number of esters is 1. The third kappa shape index (κ3) is 9.48. The van der Waals surface area contributed by atoms with E-state index in [2.05, 4.69) is 6.92 Å². The largest absolute Gasteiger partial charge is 0.465 e. The van der Waals surface area contributed by atoms with Crippen LogP contribution >= 0.6 is 12.4 Å². The molecule has 0 heterocycles. The van der Waals surface area contributed by atoms with Gasteiger partial charge in [-0.15, -0.1) is 12.4 Å². The van der Waals surface area contributed by atoms with Crippen LogP contribution in [0.3, 0.4) is 0 Å². The third-order valence-electron chi connectivity index (χ3n) is 3.34. The van der Waals surface area contributed by atoms with Crippen LogP contribution in [0.1, 0.15) is 51.0 Å². The van der Waals surface area contributed by atoms with Gasteiger partial charge in [0.2, 0.25) is 0 Å². The molecule has 0 bridgehead atoms. The molecule has 0 amide bonds. The number of carbonyl (C=O) groups is 1. The van der Waals surface area contributed by atoms with Gasteiger partial charge in [0.15, 0.2) is 0 Å². The molecule has 0 aromatic heterocycles.